The van der Waals surface area contributed by atoms with Crippen LogP contribution in [0, 0.1) is 0 Å². The Bertz CT molecular complexity index is 586. The summed E-state index contributed by atoms with van der Waals surface area (Å²) >= 11 is 4.59. The molecular formula is C13H13BrN2O2S. The number of carbonyl (C=O) groups is 1. The van der Waals surface area contributed by atoms with Gasteiger partial charge in [-0.05, 0) is 24.6 Å². The number of nitrogens with zero attached hydrogens (tertiary/aromatic N) is 1. The molecule has 2 rings (SSSR count). The molecule has 1 heterocycles. The van der Waals surface area contributed by atoms with E-state index in [-0.39, 0.29) is 11.0 Å². The van der Waals surface area contributed by atoms with E-state index in [1.165, 1.54) is 5.56 Å². The number of nitrogens with one attached hydrogen (secondary N) is 1. The molecule has 0 amide bonds. The van der Waals surface area contributed by atoms with Gasteiger partial charge in [-0.25, -0.2) is 9.78 Å². The minimum atomic E-state index is -0.976. The van der Waals surface area contributed by atoms with Crippen LogP contribution in [0.5, 0.6) is 0 Å². The van der Waals surface area contributed by atoms with Crippen LogP contribution in [0.2, 0.25) is 0 Å². The lowest BCUT2D eigenvalue weighted by molar-refractivity contribution is 0.0696. The van der Waals surface area contributed by atoms with E-state index >= 15 is 0 Å². The molecule has 2 aromatic rings. The molecule has 0 aliphatic heterocycles. The quantitative estimate of drug-likeness (QED) is 0.874. The SMILES string of the molecule is CC(NCc1csc(C(=O)O)n1)c1cccc(Br)c1. The monoisotopic (exact) mass is 340 g/mol. The summed E-state index contributed by atoms with van der Waals surface area (Å²) in [7, 11) is 0. The summed E-state index contributed by atoms with van der Waals surface area (Å²) in [5.41, 5.74) is 1.92. The summed E-state index contributed by atoms with van der Waals surface area (Å²) in [6.07, 6.45) is 0. The van der Waals surface area contributed by atoms with Gasteiger partial charge in [0, 0.05) is 22.4 Å². The van der Waals surface area contributed by atoms with Gasteiger partial charge in [0.15, 0.2) is 0 Å². The molecule has 0 fully saturated rings. The molecule has 6 heteroatoms. The number of aromatic nitrogens is 1. The van der Waals surface area contributed by atoms with Gasteiger partial charge in [0.25, 0.3) is 0 Å². The first-order chi connectivity index (χ1) is 9.06. The number of hydrogen-bond donors (Lipinski definition) is 2. The van der Waals surface area contributed by atoms with Crippen molar-refractivity contribution in [1.82, 2.24) is 10.3 Å². The van der Waals surface area contributed by atoms with Crippen LogP contribution < -0.4 is 5.32 Å². The average molecular weight is 341 g/mol. The summed E-state index contributed by atoms with van der Waals surface area (Å²) in [5.74, 6) is -0.976. The Kier molecular flexibility index (Phi) is 4.68. The molecule has 1 aromatic heterocycles. The molecule has 100 valence electrons. The summed E-state index contributed by atoms with van der Waals surface area (Å²) in [6.45, 7) is 2.61. The highest BCUT2D eigenvalue weighted by Gasteiger charge is 2.10. The summed E-state index contributed by atoms with van der Waals surface area (Å²) in [6, 6.07) is 8.25. The van der Waals surface area contributed by atoms with Crippen LogP contribution in [0.15, 0.2) is 34.1 Å². The number of aromatic carboxylic acids is 1. The Hall–Kier alpha value is -1.24. The molecule has 1 unspecified atom stereocenters. The Morgan fingerprint density at radius 3 is 3.00 bits per heavy atom. The molecule has 0 saturated heterocycles. The lowest BCUT2D eigenvalue weighted by atomic mass is 10.1. The van der Waals surface area contributed by atoms with Gasteiger partial charge in [0.2, 0.25) is 5.01 Å². The Morgan fingerprint density at radius 2 is 2.37 bits per heavy atom. The minimum Gasteiger partial charge on any atom is -0.476 e. The number of benzene rings is 1. The van der Waals surface area contributed by atoms with Gasteiger partial charge in [-0.15, -0.1) is 11.3 Å². The zero-order valence-corrected chi connectivity index (χ0v) is 12.7. The van der Waals surface area contributed by atoms with Crippen molar-refractivity contribution in [2.45, 2.75) is 19.5 Å². The van der Waals surface area contributed by atoms with E-state index in [1.807, 2.05) is 18.2 Å². The van der Waals surface area contributed by atoms with E-state index in [0.29, 0.717) is 6.54 Å². The lowest BCUT2D eigenvalue weighted by Crippen LogP contribution is -2.18. The highest BCUT2D eigenvalue weighted by atomic mass is 79.9. The molecule has 1 atom stereocenters. The lowest BCUT2D eigenvalue weighted by Gasteiger charge is -2.13. The van der Waals surface area contributed by atoms with Crippen LogP contribution in [0.3, 0.4) is 0 Å². The Labute approximate surface area is 123 Å². The second-order valence-corrected chi connectivity index (χ2v) is 5.88. The van der Waals surface area contributed by atoms with Gasteiger partial charge in [0.05, 0.1) is 5.69 Å². The van der Waals surface area contributed by atoms with Gasteiger partial charge in [-0.2, -0.15) is 0 Å². The molecule has 0 radical (unpaired) electrons. The van der Waals surface area contributed by atoms with Crippen LogP contribution in [-0.2, 0) is 6.54 Å². The highest BCUT2D eigenvalue weighted by Crippen LogP contribution is 2.18. The predicted octanol–water partition coefficient (Wildman–Crippen LogP) is 3.45. The normalized spacial score (nSPS) is 12.3. The van der Waals surface area contributed by atoms with Crippen molar-refractivity contribution in [1.29, 1.82) is 0 Å². The molecule has 1 aromatic carbocycles. The Morgan fingerprint density at radius 1 is 1.58 bits per heavy atom. The van der Waals surface area contributed by atoms with Crippen LogP contribution in [0.25, 0.3) is 0 Å². The third-order valence-electron chi connectivity index (χ3n) is 2.67. The van der Waals surface area contributed by atoms with Crippen molar-refractivity contribution in [2.24, 2.45) is 0 Å². The first kappa shape index (κ1) is 14.2. The van der Waals surface area contributed by atoms with Crippen molar-refractivity contribution in [3.05, 3.63) is 50.4 Å². The molecule has 0 aliphatic rings. The highest BCUT2D eigenvalue weighted by molar-refractivity contribution is 9.10. The zero-order valence-electron chi connectivity index (χ0n) is 10.3. The number of rotatable bonds is 5. The van der Waals surface area contributed by atoms with E-state index < -0.39 is 5.97 Å². The maximum Gasteiger partial charge on any atom is 0.365 e. The number of carboxylic acids is 1. The second kappa shape index (κ2) is 6.27. The van der Waals surface area contributed by atoms with Gasteiger partial charge in [0.1, 0.15) is 0 Å². The molecule has 0 aliphatic carbocycles. The van der Waals surface area contributed by atoms with Crippen LogP contribution in [-0.4, -0.2) is 16.1 Å². The number of hydrogen-bond acceptors (Lipinski definition) is 4. The fraction of sp³-hybridized carbons (Fsp3) is 0.231. The van der Waals surface area contributed by atoms with Crippen molar-refractivity contribution in [2.75, 3.05) is 0 Å². The third-order valence-corrected chi connectivity index (χ3v) is 4.05. The molecule has 0 spiro atoms. The fourth-order valence-electron chi connectivity index (χ4n) is 1.64. The summed E-state index contributed by atoms with van der Waals surface area (Å²) < 4.78 is 1.04. The van der Waals surface area contributed by atoms with E-state index in [0.717, 1.165) is 21.5 Å². The molecule has 0 saturated carbocycles. The van der Waals surface area contributed by atoms with Gasteiger partial charge < -0.3 is 10.4 Å². The van der Waals surface area contributed by atoms with Crippen molar-refractivity contribution in [3.8, 4) is 0 Å². The molecule has 4 nitrogen and oxygen atoms in total. The molecular weight excluding hydrogens is 328 g/mol. The minimum absolute atomic E-state index is 0.131. The first-order valence-corrected chi connectivity index (χ1v) is 7.40. The topological polar surface area (TPSA) is 62.2 Å². The number of halogens is 1. The molecule has 0 bridgehead atoms. The Balaban J connectivity index is 1.96. The summed E-state index contributed by atoms with van der Waals surface area (Å²) in [4.78, 5) is 14.8. The van der Waals surface area contributed by atoms with Gasteiger partial charge >= 0.3 is 5.97 Å². The van der Waals surface area contributed by atoms with Crippen LogP contribution in [0.1, 0.15) is 34.0 Å². The number of thiazole rings is 1. The van der Waals surface area contributed by atoms with Crippen molar-refractivity contribution >= 4 is 33.2 Å². The van der Waals surface area contributed by atoms with Crippen LogP contribution in [0.4, 0.5) is 0 Å². The smallest absolute Gasteiger partial charge is 0.365 e. The van der Waals surface area contributed by atoms with Gasteiger partial charge in [-0.3, -0.25) is 0 Å². The predicted molar refractivity (Wildman–Crippen MR) is 78.5 cm³/mol. The largest absolute Gasteiger partial charge is 0.476 e. The van der Waals surface area contributed by atoms with E-state index in [4.69, 9.17) is 5.11 Å². The maximum absolute atomic E-state index is 10.7. The van der Waals surface area contributed by atoms with Crippen molar-refractivity contribution < 1.29 is 9.90 Å². The van der Waals surface area contributed by atoms with E-state index in [1.54, 1.807) is 5.38 Å². The third kappa shape index (κ3) is 3.86. The standard InChI is InChI=1S/C13H13BrN2O2S/c1-8(9-3-2-4-10(14)5-9)15-6-11-7-19-12(16-11)13(17)18/h2-5,7-8,15H,6H2,1H3,(H,17,18). The van der Waals surface area contributed by atoms with Crippen LogP contribution >= 0.6 is 27.3 Å². The second-order valence-electron chi connectivity index (χ2n) is 4.11. The van der Waals surface area contributed by atoms with Crippen molar-refractivity contribution in [3.63, 3.8) is 0 Å². The van der Waals surface area contributed by atoms with E-state index in [9.17, 15) is 4.79 Å². The fourth-order valence-corrected chi connectivity index (χ4v) is 2.71. The maximum atomic E-state index is 10.7. The first-order valence-electron chi connectivity index (χ1n) is 5.73. The number of carboxylic acid groups (broad SMARTS) is 1. The van der Waals surface area contributed by atoms with Gasteiger partial charge in [-0.1, -0.05) is 28.1 Å². The zero-order chi connectivity index (χ0) is 13.8. The average Bonchev–Trinajstić information content (AvgIpc) is 2.85. The molecule has 2 N–H and O–H groups in total. The molecule has 19 heavy (non-hydrogen) atoms. The van der Waals surface area contributed by atoms with E-state index in [2.05, 4.69) is 39.2 Å². The summed E-state index contributed by atoms with van der Waals surface area (Å²) in [5, 5.41) is 14.0.